The van der Waals surface area contributed by atoms with E-state index in [4.69, 9.17) is 9.47 Å². The van der Waals surface area contributed by atoms with Crippen LogP contribution in [0.2, 0.25) is 0 Å². The average Bonchev–Trinajstić information content (AvgIpc) is 3.34. The molecule has 0 saturated carbocycles. The lowest BCUT2D eigenvalue weighted by Gasteiger charge is -2.13. The Hall–Kier alpha value is -4.72. The summed E-state index contributed by atoms with van der Waals surface area (Å²) in [5, 5.41) is 6.81. The number of hydrogen-bond acceptors (Lipinski definition) is 7. The quantitative estimate of drug-likeness (QED) is 0.206. The zero-order chi connectivity index (χ0) is 28.2. The SMILES string of the molecule is CC(C)n1c(=O)[nH]c2nccc(Oc3ccc(NC4OC4c4cnn(-c5ccncc5)c4C(F)(F)F)cc3F)c21. The molecule has 1 aliphatic heterocycles. The van der Waals surface area contributed by atoms with Gasteiger partial charge >= 0.3 is 11.9 Å². The summed E-state index contributed by atoms with van der Waals surface area (Å²) in [6.07, 6.45) is -1.19. The lowest BCUT2D eigenvalue weighted by Crippen LogP contribution is -2.18. The minimum atomic E-state index is -4.70. The van der Waals surface area contributed by atoms with Gasteiger partial charge in [-0.2, -0.15) is 18.3 Å². The van der Waals surface area contributed by atoms with Gasteiger partial charge in [0, 0.05) is 48.0 Å². The number of anilines is 1. The Balaban J connectivity index is 1.22. The van der Waals surface area contributed by atoms with Crippen molar-refractivity contribution in [1.29, 1.82) is 0 Å². The van der Waals surface area contributed by atoms with E-state index in [2.05, 4.69) is 25.4 Å². The van der Waals surface area contributed by atoms with Gasteiger partial charge in [-0.25, -0.2) is 18.9 Å². The van der Waals surface area contributed by atoms with E-state index in [-0.39, 0.29) is 40.2 Å². The fraction of sp³-hybridized carbons (Fsp3) is 0.231. The number of nitrogens with one attached hydrogen (secondary N) is 2. The van der Waals surface area contributed by atoms with Crippen molar-refractivity contribution < 1.29 is 27.0 Å². The summed E-state index contributed by atoms with van der Waals surface area (Å²) in [6, 6.07) is 8.16. The van der Waals surface area contributed by atoms with Crippen LogP contribution in [0.25, 0.3) is 16.9 Å². The number of aromatic amines is 1. The van der Waals surface area contributed by atoms with Gasteiger partial charge in [0.15, 0.2) is 34.9 Å². The predicted molar refractivity (Wildman–Crippen MR) is 135 cm³/mol. The highest BCUT2D eigenvalue weighted by Gasteiger charge is 2.49. The number of halogens is 4. The predicted octanol–water partition coefficient (Wildman–Crippen LogP) is 5.35. The molecule has 1 aliphatic rings. The van der Waals surface area contributed by atoms with Crippen LogP contribution in [-0.4, -0.2) is 35.5 Å². The summed E-state index contributed by atoms with van der Waals surface area (Å²) in [5.41, 5.74) is -0.306. The maximum atomic E-state index is 15.0. The molecular weight excluding hydrogens is 534 g/mol. The highest BCUT2D eigenvalue weighted by atomic mass is 19.4. The molecule has 6 rings (SSSR count). The summed E-state index contributed by atoms with van der Waals surface area (Å²) < 4.78 is 70.5. The summed E-state index contributed by atoms with van der Waals surface area (Å²) >= 11 is 0. The van der Waals surface area contributed by atoms with Crippen LogP contribution in [0.5, 0.6) is 11.5 Å². The van der Waals surface area contributed by atoms with E-state index in [1.807, 2.05) is 13.8 Å². The van der Waals surface area contributed by atoms with Crippen molar-refractivity contribution in [2.75, 3.05) is 5.32 Å². The molecule has 0 amide bonds. The van der Waals surface area contributed by atoms with Gasteiger partial charge in [0.05, 0.1) is 11.9 Å². The molecule has 4 aromatic heterocycles. The number of H-pyrrole nitrogens is 1. The van der Waals surface area contributed by atoms with Crippen molar-refractivity contribution in [1.82, 2.24) is 29.3 Å². The Morgan fingerprint density at radius 3 is 2.58 bits per heavy atom. The number of ether oxygens (including phenoxy) is 2. The number of benzene rings is 1. The number of nitrogens with zero attached hydrogens (tertiary/aromatic N) is 5. The molecule has 0 aliphatic carbocycles. The van der Waals surface area contributed by atoms with Gasteiger partial charge in [0.1, 0.15) is 11.6 Å². The second-order valence-electron chi connectivity index (χ2n) is 9.33. The fourth-order valence-electron chi connectivity index (χ4n) is 4.55. The van der Waals surface area contributed by atoms with Crippen molar-refractivity contribution in [2.45, 2.75) is 38.4 Å². The van der Waals surface area contributed by atoms with Gasteiger partial charge in [0.25, 0.3) is 0 Å². The smallest absolute Gasteiger partial charge is 0.433 e. The van der Waals surface area contributed by atoms with Crippen LogP contribution < -0.4 is 15.7 Å². The van der Waals surface area contributed by atoms with Crippen LogP contribution in [0.3, 0.4) is 0 Å². The van der Waals surface area contributed by atoms with E-state index in [1.165, 1.54) is 53.5 Å². The molecular formula is C26H21F4N7O3. The minimum absolute atomic E-state index is 0.117. The molecule has 10 nitrogen and oxygen atoms in total. The van der Waals surface area contributed by atoms with Crippen molar-refractivity contribution >= 4 is 16.9 Å². The number of fused-ring (bicyclic) bond motifs is 1. The molecule has 2 N–H and O–H groups in total. The van der Waals surface area contributed by atoms with Gasteiger partial charge in [-0.15, -0.1) is 0 Å². The van der Waals surface area contributed by atoms with Crippen molar-refractivity contribution in [2.24, 2.45) is 0 Å². The largest absolute Gasteiger partial charge is 0.452 e. The van der Waals surface area contributed by atoms with E-state index in [9.17, 15) is 18.0 Å². The highest BCUT2D eigenvalue weighted by Crippen LogP contribution is 2.45. The number of alkyl halides is 3. The Labute approximate surface area is 223 Å². The molecule has 2 atom stereocenters. The van der Waals surface area contributed by atoms with Crippen LogP contribution in [-0.2, 0) is 10.9 Å². The second kappa shape index (κ2) is 9.48. The maximum absolute atomic E-state index is 15.0. The molecule has 1 saturated heterocycles. The van der Waals surface area contributed by atoms with Gasteiger partial charge in [-0.05, 0) is 38.1 Å². The first-order valence-electron chi connectivity index (χ1n) is 12.2. The molecule has 5 aromatic rings. The van der Waals surface area contributed by atoms with Gasteiger partial charge in [0.2, 0.25) is 0 Å². The van der Waals surface area contributed by atoms with Crippen LogP contribution in [0.15, 0.2) is 66.0 Å². The number of aromatic nitrogens is 6. The molecule has 1 fully saturated rings. The van der Waals surface area contributed by atoms with Crippen molar-refractivity contribution in [3.05, 3.63) is 88.7 Å². The van der Waals surface area contributed by atoms with E-state index < -0.39 is 30.0 Å². The Morgan fingerprint density at radius 2 is 1.88 bits per heavy atom. The molecule has 1 aromatic carbocycles. The highest BCUT2D eigenvalue weighted by molar-refractivity contribution is 5.78. The molecule has 2 unspecified atom stereocenters. The summed E-state index contributed by atoms with van der Waals surface area (Å²) in [7, 11) is 0. The molecule has 0 spiro atoms. The monoisotopic (exact) mass is 555 g/mol. The van der Waals surface area contributed by atoms with E-state index in [0.717, 1.165) is 16.9 Å². The van der Waals surface area contributed by atoms with Crippen LogP contribution >= 0.6 is 0 Å². The molecule has 0 radical (unpaired) electrons. The van der Waals surface area contributed by atoms with Crippen molar-refractivity contribution in [3.8, 4) is 17.2 Å². The number of rotatable bonds is 7. The average molecular weight is 555 g/mol. The normalized spacial score (nSPS) is 17.0. The lowest BCUT2D eigenvalue weighted by molar-refractivity contribution is -0.143. The summed E-state index contributed by atoms with van der Waals surface area (Å²) in [5.74, 6) is -0.621. The number of pyridine rings is 2. The topological polar surface area (TPSA) is 115 Å². The molecule has 14 heteroatoms. The number of hydrogen-bond donors (Lipinski definition) is 2. The van der Waals surface area contributed by atoms with Gasteiger partial charge in [-0.3, -0.25) is 14.5 Å². The van der Waals surface area contributed by atoms with E-state index >= 15 is 4.39 Å². The van der Waals surface area contributed by atoms with Crippen LogP contribution in [0, 0.1) is 5.82 Å². The molecule has 5 heterocycles. The Kier molecular flexibility index (Phi) is 6.06. The van der Waals surface area contributed by atoms with Gasteiger partial charge < -0.3 is 14.8 Å². The molecule has 0 bridgehead atoms. The third-order valence-electron chi connectivity index (χ3n) is 6.32. The Morgan fingerprint density at radius 1 is 1.10 bits per heavy atom. The zero-order valence-corrected chi connectivity index (χ0v) is 21.0. The zero-order valence-electron chi connectivity index (χ0n) is 21.0. The number of imidazole rings is 1. The third kappa shape index (κ3) is 4.55. The number of epoxide rings is 1. The Bertz CT molecular complexity index is 1760. The summed E-state index contributed by atoms with van der Waals surface area (Å²) in [6.45, 7) is 3.64. The first kappa shape index (κ1) is 25.6. The van der Waals surface area contributed by atoms with Crippen LogP contribution in [0.1, 0.15) is 37.3 Å². The first-order chi connectivity index (χ1) is 19.1. The van der Waals surface area contributed by atoms with E-state index in [0.29, 0.717) is 11.2 Å². The van der Waals surface area contributed by atoms with E-state index in [1.54, 1.807) is 0 Å². The first-order valence-corrected chi connectivity index (χ1v) is 12.2. The maximum Gasteiger partial charge on any atom is 0.433 e. The fourth-order valence-corrected chi connectivity index (χ4v) is 4.55. The van der Waals surface area contributed by atoms with Crippen molar-refractivity contribution in [3.63, 3.8) is 0 Å². The molecule has 206 valence electrons. The lowest BCUT2D eigenvalue weighted by atomic mass is 10.1. The van der Waals surface area contributed by atoms with Gasteiger partial charge in [-0.1, -0.05) is 0 Å². The van der Waals surface area contributed by atoms with Crippen LogP contribution in [0.4, 0.5) is 23.2 Å². The third-order valence-corrected chi connectivity index (χ3v) is 6.32. The standard InChI is InChI=1S/C26H21F4N7O3/c1-13(2)36-20-19(7-10-32-23(20)35-25(36)38)39-18-4-3-14(11-17(18)27)34-24-21(40-24)16-12-33-37(22(16)26(28,29)30)15-5-8-31-9-6-15/h3-13,21,24,34H,1-2H3,(H,32,35,38). The minimum Gasteiger partial charge on any atom is -0.452 e. The summed E-state index contributed by atoms with van der Waals surface area (Å²) in [4.78, 5) is 22.9. The second-order valence-corrected chi connectivity index (χ2v) is 9.33. The molecule has 40 heavy (non-hydrogen) atoms.